The SMILES string of the molecule is c1ccc(-c2ccc(N(c3ccccc3)c3cccc(-c4ccccc4-c4ccc5c6ccccc6n(-c6cccc7c6C(c6ccccc6)(c6ccccc6)c6ccccc6-7)c5c4)c3)cc2)cc1. The minimum Gasteiger partial charge on any atom is -0.310 e. The van der Waals surface area contributed by atoms with Crippen LogP contribution in [0.1, 0.15) is 22.3 Å². The van der Waals surface area contributed by atoms with Crippen molar-refractivity contribution in [2.75, 3.05) is 4.90 Å². The van der Waals surface area contributed by atoms with Crippen LogP contribution in [0.4, 0.5) is 17.1 Å². The van der Waals surface area contributed by atoms with Gasteiger partial charge in [-0.2, -0.15) is 0 Å². The van der Waals surface area contributed by atoms with Gasteiger partial charge in [0, 0.05) is 33.4 Å². The number of hydrogen-bond acceptors (Lipinski definition) is 1. The molecule has 0 spiro atoms. The van der Waals surface area contributed by atoms with Gasteiger partial charge in [-0.3, -0.25) is 0 Å². The first-order valence-corrected chi connectivity index (χ1v) is 23.8. The van der Waals surface area contributed by atoms with E-state index in [1.165, 1.54) is 83.1 Å². The summed E-state index contributed by atoms with van der Waals surface area (Å²) >= 11 is 0. The molecule has 1 aromatic heterocycles. The highest BCUT2D eigenvalue weighted by molar-refractivity contribution is 6.11. The first-order chi connectivity index (χ1) is 34.3. The fourth-order valence-corrected chi connectivity index (χ4v) is 11.3. The van der Waals surface area contributed by atoms with Gasteiger partial charge < -0.3 is 9.47 Å². The molecule has 11 aromatic carbocycles. The molecule has 0 bridgehead atoms. The molecule has 2 heteroatoms. The molecular formula is C67H46N2. The Morgan fingerprint density at radius 1 is 0.290 bits per heavy atom. The average molecular weight is 879 g/mol. The third-order valence-electron chi connectivity index (χ3n) is 14.3. The summed E-state index contributed by atoms with van der Waals surface area (Å²) in [4.78, 5) is 2.35. The van der Waals surface area contributed by atoms with E-state index in [1.807, 2.05) is 0 Å². The second-order valence-electron chi connectivity index (χ2n) is 18.0. The van der Waals surface area contributed by atoms with Gasteiger partial charge in [0.2, 0.25) is 0 Å². The lowest BCUT2D eigenvalue weighted by molar-refractivity contribution is 0.762. The van der Waals surface area contributed by atoms with Crippen LogP contribution in [0.3, 0.4) is 0 Å². The Morgan fingerprint density at radius 2 is 0.768 bits per heavy atom. The molecule has 0 amide bonds. The van der Waals surface area contributed by atoms with Crippen molar-refractivity contribution >= 4 is 38.9 Å². The van der Waals surface area contributed by atoms with Crippen molar-refractivity contribution in [1.82, 2.24) is 4.57 Å². The van der Waals surface area contributed by atoms with Gasteiger partial charge in [0.1, 0.15) is 0 Å². The van der Waals surface area contributed by atoms with Crippen LogP contribution in [-0.2, 0) is 5.41 Å². The van der Waals surface area contributed by atoms with Crippen LogP contribution in [0.15, 0.2) is 279 Å². The molecule has 0 saturated carbocycles. The molecule has 0 saturated heterocycles. The van der Waals surface area contributed by atoms with E-state index in [1.54, 1.807) is 0 Å². The maximum absolute atomic E-state index is 2.55. The molecule has 1 aliphatic rings. The zero-order chi connectivity index (χ0) is 45.7. The third kappa shape index (κ3) is 6.56. The molecule has 0 atom stereocenters. The van der Waals surface area contributed by atoms with Crippen molar-refractivity contribution in [3.05, 3.63) is 301 Å². The monoisotopic (exact) mass is 878 g/mol. The molecule has 1 heterocycles. The van der Waals surface area contributed by atoms with Gasteiger partial charge in [-0.15, -0.1) is 0 Å². The maximum atomic E-state index is 2.55. The van der Waals surface area contributed by atoms with Crippen LogP contribution in [-0.4, -0.2) is 4.57 Å². The third-order valence-corrected chi connectivity index (χ3v) is 14.3. The summed E-state index contributed by atoms with van der Waals surface area (Å²) in [5.41, 5.74) is 21.0. The quantitative estimate of drug-likeness (QED) is 0.140. The summed E-state index contributed by atoms with van der Waals surface area (Å²) in [5.74, 6) is 0. The molecule has 0 radical (unpaired) electrons. The molecule has 0 fully saturated rings. The first-order valence-electron chi connectivity index (χ1n) is 23.8. The van der Waals surface area contributed by atoms with Crippen molar-refractivity contribution in [3.63, 3.8) is 0 Å². The number of fused-ring (bicyclic) bond motifs is 6. The molecule has 2 nitrogen and oxygen atoms in total. The van der Waals surface area contributed by atoms with E-state index in [9.17, 15) is 0 Å². The van der Waals surface area contributed by atoms with Crippen LogP contribution < -0.4 is 4.90 Å². The van der Waals surface area contributed by atoms with Crippen LogP contribution in [0.2, 0.25) is 0 Å². The number of rotatable bonds is 9. The highest BCUT2D eigenvalue weighted by atomic mass is 15.1. The predicted octanol–water partition coefficient (Wildman–Crippen LogP) is 17.6. The van der Waals surface area contributed by atoms with Gasteiger partial charge in [-0.25, -0.2) is 0 Å². The molecule has 0 aliphatic heterocycles. The number of hydrogen-bond donors (Lipinski definition) is 0. The Bertz CT molecular complexity index is 3780. The van der Waals surface area contributed by atoms with Crippen molar-refractivity contribution in [2.24, 2.45) is 0 Å². The van der Waals surface area contributed by atoms with Crippen LogP contribution in [0, 0.1) is 0 Å². The average Bonchev–Trinajstić information content (AvgIpc) is 3.93. The minimum absolute atomic E-state index is 0.560. The lowest BCUT2D eigenvalue weighted by atomic mass is 9.67. The molecule has 0 unspecified atom stereocenters. The van der Waals surface area contributed by atoms with Crippen LogP contribution >= 0.6 is 0 Å². The Balaban J connectivity index is 0.989. The second-order valence-corrected chi connectivity index (χ2v) is 18.0. The minimum atomic E-state index is -0.560. The Kier molecular flexibility index (Phi) is 9.77. The fraction of sp³-hybridized carbons (Fsp3) is 0.0149. The lowest BCUT2D eigenvalue weighted by Crippen LogP contribution is -2.29. The largest absolute Gasteiger partial charge is 0.310 e. The molecule has 69 heavy (non-hydrogen) atoms. The normalized spacial score (nSPS) is 12.5. The molecular weight excluding hydrogens is 833 g/mol. The molecule has 1 aliphatic carbocycles. The highest BCUT2D eigenvalue weighted by Crippen LogP contribution is 2.58. The lowest BCUT2D eigenvalue weighted by Gasteiger charge is -2.35. The van der Waals surface area contributed by atoms with Gasteiger partial charge in [0.05, 0.1) is 22.1 Å². The zero-order valence-electron chi connectivity index (χ0n) is 38.0. The first kappa shape index (κ1) is 40.3. The van der Waals surface area contributed by atoms with Crippen LogP contribution in [0.25, 0.3) is 72.0 Å². The number of aromatic nitrogens is 1. The number of anilines is 3. The Morgan fingerprint density at radius 3 is 1.48 bits per heavy atom. The van der Waals surface area contributed by atoms with Crippen molar-refractivity contribution < 1.29 is 0 Å². The van der Waals surface area contributed by atoms with Gasteiger partial charge in [0.25, 0.3) is 0 Å². The van der Waals surface area contributed by atoms with E-state index in [-0.39, 0.29) is 0 Å². The van der Waals surface area contributed by atoms with E-state index in [0.717, 1.165) is 28.2 Å². The Hall–Kier alpha value is -8.98. The second kappa shape index (κ2) is 16.7. The van der Waals surface area contributed by atoms with E-state index in [2.05, 4.69) is 289 Å². The summed E-state index contributed by atoms with van der Waals surface area (Å²) in [7, 11) is 0. The summed E-state index contributed by atoms with van der Waals surface area (Å²) in [6.45, 7) is 0. The number of para-hydroxylation sites is 2. The summed E-state index contributed by atoms with van der Waals surface area (Å²) in [5, 5.41) is 2.46. The molecule has 12 aromatic rings. The van der Waals surface area contributed by atoms with Crippen molar-refractivity contribution in [1.29, 1.82) is 0 Å². The van der Waals surface area contributed by atoms with E-state index >= 15 is 0 Å². The van der Waals surface area contributed by atoms with Gasteiger partial charge >= 0.3 is 0 Å². The van der Waals surface area contributed by atoms with Gasteiger partial charge in [-0.1, -0.05) is 224 Å². The summed E-state index contributed by atoms with van der Waals surface area (Å²) < 4.78 is 2.55. The van der Waals surface area contributed by atoms with Gasteiger partial charge in [-0.05, 0) is 116 Å². The number of benzene rings is 11. The van der Waals surface area contributed by atoms with Gasteiger partial charge in [0.15, 0.2) is 0 Å². The topological polar surface area (TPSA) is 8.17 Å². The summed E-state index contributed by atoms with van der Waals surface area (Å²) in [6.07, 6.45) is 0. The standard InChI is InChI=1S/C67H46N2/c1-5-21-47(22-6-1)48-39-42-54(43-40-48)68(53-28-11-4-12-29-53)55-30-19-23-49(45-55)56-31-13-14-32-57(56)50-41-44-60-59-34-16-18-37-63(59)69(65(60)46-50)64-38-20-35-61-58-33-15-17-36-62(58)67(66(61)64,51-24-7-2-8-25-51)52-26-9-3-10-27-52/h1-46H. The van der Waals surface area contributed by atoms with E-state index in [0.29, 0.717) is 0 Å². The fourth-order valence-electron chi connectivity index (χ4n) is 11.3. The molecule has 13 rings (SSSR count). The summed E-state index contributed by atoms with van der Waals surface area (Å²) in [6, 6.07) is 102. The smallest absolute Gasteiger partial charge is 0.0734 e. The van der Waals surface area contributed by atoms with Crippen LogP contribution in [0.5, 0.6) is 0 Å². The molecule has 324 valence electrons. The highest BCUT2D eigenvalue weighted by Gasteiger charge is 2.48. The predicted molar refractivity (Wildman–Crippen MR) is 289 cm³/mol. The zero-order valence-corrected chi connectivity index (χ0v) is 38.0. The number of nitrogens with zero attached hydrogens (tertiary/aromatic N) is 2. The maximum Gasteiger partial charge on any atom is 0.0734 e. The molecule has 0 N–H and O–H groups in total. The van der Waals surface area contributed by atoms with E-state index < -0.39 is 5.41 Å². The van der Waals surface area contributed by atoms with Crippen molar-refractivity contribution in [2.45, 2.75) is 5.41 Å². The Labute approximate surface area is 403 Å². The van der Waals surface area contributed by atoms with Crippen molar-refractivity contribution in [3.8, 4) is 50.2 Å². The van der Waals surface area contributed by atoms with E-state index in [4.69, 9.17) is 0 Å².